The second kappa shape index (κ2) is 8.55. The highest BCUT2D eigenvalue weighted by Gasteiger charge is 2.29. The maximum Gasteiger partial charge on any atom is 0.272 e. The summed E-state index contributed by atoms with van der Waals surface area (Å²) in [6.07, 6.45) is 3.77. The van der Waals surface area contributed by atoms with Crippen LogP contribution in [0, 0.1) is 0 Å². The molecule has 0 bridgehead atoms. The van der Waals surface area contributed by atoms with Gasteiger partial charge >= 0.3 is 0 Å². The van der Waals surface area contributed by atoms with Gasteiger partial charge in [-0.25, -0.2) is 13.3 Å². The van der Waals surface area contributed by atoms with Crippen molar-refractivity contribution >= 4 is 22.4 Å². The van der Waals surface area contributed by atoms with Crippen LogP contribution in [0.15, 0.2) is 48.8 Å². The Balaban J connectivity index is 1.52. The first kappa shape index (κ1) is 21.5. The molecule has 0 saturated heterocycles. The monoisotopic (exact) mass is 453 g/mol. The molecule has 1 aromatic carbocycles. The third kappa shape index (κ3) is 4.59. The molecule has 1 fully saturated rings. The number of nitrogens with zero attached hydrogens (tertiary/aromatic N) is 4. The topological polar surface area (TPSA) is 84.6 Å². The number of benzene rings is 1. The molecule has 9 heteroatoms. The Morgan fingerprint density at radius 3 is 2.85 bits per heavy atom. The number of hydrogen-bond acceptors (Lipinski definition) is 6. The van der Waals surface area contributed by atoms with E-state index in [1.807, 2.05) is 43.3 Å². The van der Waals surface area contributed by atoms with Crippen LogP contribution in [-0.2, 0) is 0 Å². The van der Waals surface area contributed by atoms with Gasteiger partial charge in [0.05, 0.1) is 11.1 Å². The molecule has 1 aliphatic rings. The van der Waals surface area contributed by atoms with Crippen LogP contribution in [0.5, 0.6) is 5.88 Å². The highest BCUT2D eigenvalue weighted by molar-refractivity contribution is 5.90. The van der Waals surface area contributed by atoms with Crippen molar-refractivity contribution in [3.8, 4) is 17.0 Å². The van der Waals surface area contributed by atoms with Crippen molar-refractivity contribution < 1.29 is 18.6 Å². The molecule has 5 rings (SSSR count). The summed E-state index contributed by atoms with van der Waals surface area (Å²) < 4.78 is 33.0. The van der Waals surface area contributed by atoms with E-state index in [1.165, 1.54) is 0 Å². The Kier molecular flexibility index (Phi) is 5.57. The SMILES string of the molecule is C[C@]1(O)CC[C@@H](Nc2nc(OCC(F)F)c3c(-c4ccc5ncccc5c4)ccn3n2)CC1. The predicted molar refractivity (Wildman–Crippen MR) is 122 cm³/mol. The summed E-state index contributed by atoms with van der Waals surface area (Å²) in [7, 11) is 0. The number of anilines is 1. The van der Waals surface area contributed by atoms with Crippen molar-refractivity contribution in [1.29, 1.82) is 0 Å². The normalized spacial score (nSPS) is 21.1. The molecule has 0 radical (unpaired) electrons. The Morgan fingerprint density at radius 1 is 1.24 bits per heavy atom. The molecule has 0 aliphatic heterocycles. The number of rotatable bonds is 6. The maximum atomic E-state index is 13.0. The van der Waals surface area contributed by atoms with Crippen LogP contribution in [0.1, 0.15) is 32.6 Å². The summed E-state index contributed by atoms with van der Waals surface area (Å²) in [6, 6.07) is 11.6. The van der Waals surface area contributed by atoms with E-state index in [-0.39, 0.29) is 11.9 Å². The second-order valence-corrected chi connectivity index (χ2v) is 8.79. The van der Waals surface area contributed by atoms with E-state index >= 15 is 0 Å². The minimum Gasteiger partial charge on any atom is -0.470 e. The summed E-state index contributed by atoms with van der Waals surface area (Å²) in [4.78, 5) is 8.80. The molecular weight excluding hydrogens is 428 g/mol. The fourth-order valence-electron chi connectivity index (χ4n) is 4.34. The molecule has 33 heavy (non-hydrogen) atoms. The van der Waals surface area contributed by atoms with E-state index in [1.54, 1.807) is 16.9 Å². The van der Waals surface area contributed by atoms with E-state index < -0.39 is 18.6 Å². The molecule has 3 heterocycles. The summed E-state index contributed by atoms with van der Waals surface area (Å²) in [5.74, 6) is 0.407. The average molecular weight is 453 g/mol. The largest absolute Gasteiger partial charge is 0.470 e. The summed E-state index contributed by atoms with van der Waals surface area (Å²) >= 11 is 0. The van der Waals surface area contributed by atoms with E-state index in [4.69, 9.17) is 4.74 Å². The lowest BCUT2D eigenvalue weighted by Crippen LogP contribution is -2.36. The highest BCUT2D eigenvalue weighted by Crippen LogP contribution is 2.34. The van der Waals surface area contributed by atoms with Crippen molar-refractivity contribution in [2.75, 3.05) is 11.9 Å². The lowest BCUT2D eigenvalue weighted by Gasteiger charge is -2.33. The van der Waals surface area contributed by atoms with E-state index in [0.29, 0.717) is 24.3 Å². The van der Waals surface area contributed by atoms with Gasteiger partial charge in [0.2, 0.25) is 11.8 Å². The molecule has 0 unspecified atom stereocenters. The van der Waals surface area contributed by atoms with E-state index in [9.17, 15) is 13.9 Å². The number of hydrogen-bond donors (Lipinski definition) is 2. The van der Waals surface area contributed by atoms with Gasteiger partial charge < -0.3 is 15.2 Å². The number of aliphatic hydroxyl groups is 1. The summed E-state index contributed by atoms with van der Waals surface area (Å²) in [5, 5.41) is 19.0. The first-order valence-corrected chi connectivity index (χ1v) is 11.0. The molecule has 3 aromatic heterocycles. The third-order valence-electron chi connectivity index (χ3n) is 6.14. The van der Waals surface area contributed by atoms with Crippen molar-refractivity contribution in [2.45, 2.75) is 50.7 Å². The van der Waals surface area contributed by atoms with Crippen LogP contribution in [0.4, 0.5) is 14.7 Å². The van der Waals surface area contributed by atoms with Gasteiger partial charge in [0.1, 0.15) is 5.52 Å². The zero-order valence-electron chi connectivity index (χ0n) is 18.2. The number of fused-ring (bicyclic) bond motifs is 2. The first-order valence-electron chi connectivity index (χ1n) is 11.0. The van der Waals surface area contributed by atoms with Gasteiger partial charge in [-0.15, -0.1) is 5.10 Å². The minimum atomic E-state index is -2.62. The molecule has 7 nitrogen and oxygen atoms in total. The Labute approximate surface area is 189 Å². The summed E-state index contributed by atoms with van der Waals surface area (Å²) in [6.45, 7) is 1.08. The number of halogens is 2. The number of nitrogens with one attached hydrogen (secondary N) is 1. The van der Waals surface area contributed by atoms with E-state index in [2.05, 4.69) is 20.4 Å². The standard InChI is InChI=1S/C24H25F2N5O2/c1-24(32)9-6-17(7-10-24)28-23-29-22(33-14-20(25)26)21-18(8-12-31(21)30-23)15-4-5-19-16(13-15)3-2-11-27-19/h2-5,8,11-13,17,20,32H,6-7,9-10,14H2,1H3,(H,28,30)/t17-,24+. The molecule has 1 saturated carbocycles. The lowest BCUT2D eigenvalue weighted by atomic mass is 9.84. The van der Waals surface area contributed by atoms with E-state index in [0.717, 1.165) is 34.9 Å². The molecule has 0 spiro atoms. The molecular formula is C24H25F2N5O2. The predicted octanol–water partition coefficient (Wildman–Crippen LogP) is 4.69. The Hall–Kier alpha value is -3.33. The zero-order valence-corrected chi connectivity index (χ0v) is 18.2. The fraction of sp³-hybridized carbons (Fsp3) is 0.375. The molecule has 1 aliphatic carbocycles. The Bertz CT molecular complexity index is 1280. The van der Waals surface area contributed by atoms with Crippen molar-refractivity contribution in [1.82, 2.24) is 19.6 Å². The van der Waals surface area contributed by atoms with Crippen LogP contribution < -0.4 is 10.1 Å². The maximum absolute atomic E-state index is 13.0. The van der Waals surface area contributed by atoms with Gasteiger partial charge in [0, 0.05) is 29.4 Å². The molecule has 4 aromatic rings. The van der Waals surface area contributed by atoms with Crippen molar-refractivity contribution in [3.63, 3.8) is 0 Å². The van der Waals surface area contributed by atoms with Crippen LogP contribution in [0.3, 0.4) is 0 Å². The van der Waals surface area contributed by atoms with Gasteiger partial charge in [-0.05, 0) is 62.4 Å². The van der Waals surface area contributed by atoms with Gasteiger partial charge in [-0.1, -0.05) is 12.1 Å². The Morgan fingerprint density at radius 2 is 2.06 bits per heavy atom. The van der Waals surface area contributed by atoms with Crippen LogP contribution in [0.2, 0.25) is 0 Å². The van der Waals surface area contributed by atoms with Gasteiger partial charge in [-0.3, -0.25) is 4.98 Å². The van der Waals surface area contributed by atoms with Crippen LogP contribution >= 0.6 is 0 Å². The second-order valence-electron chi connectivity index (χ2n) is 8.79. The minimum absolute atomic E-state index is 0.0913. The average Bonchev–Trinajstić information content (AvgIpc) is 3.23. The number of alkyl halides is 2. The highest BCUT2D eigenvalue weighted by atomic mass is 19.3. The first-order chi connectivity index (χ1) is 15.9. The van der Waals surface area contributed by atoms with Gasteiger partial charge in [-0.2, -0.15) is 4.98 Å². The molecule has 172 valence electrons. The number of ether oxygens (including phenoxy) is 1. The van der Waals surface area contributed by atoms with Crippen molar-refractivity contribution in [2.24, 2.45) is 0 Å². The lowest BCUT2D eigenvalue weighted by molar-refractivity contribution is 0.0195. The fourth-order valence-corrected chi connectivity index (χ4v) is 4.34. The van der Waals surface area contributed by atoms with Crippen molar-refractivity contribution in [3.05, 3.63) is 48.8 Å². The smallest absolute Gasteiger partial charge is 0.272 e. The molecule has 0 amide bonds. The quantitative estimate of drug-likeness (QED) is 0.441. The van der Waals surface area contributed by atoms with Gasteiger partial charge in [0.15, 0.2) is 6.61 Å². The molecule has 0 atom stereocenters. The third-order valence-corrected chi connectivity index (χ3v) is 6.14. The molecule has 2 N–H and O–H groups in total. The van der Waals surface area contributed by atoms with Gasteiger partial charge in [0.25, 0.3) is 6.43 Å². The number of aromatic nitrogens is 4. The summed E-state index contributed by atoms with van der Waals surface area (Å²) in [5.41, 5.74) is 2.41. The zero-order chi connectivity index (χ0) is 23.0. The van der Waals surface area contributed by atoms with Crippen LogP contribution in [-0.4, -0.2) is 49.4 Å². The number of pyridine rings is 1. The van der Waals surface area contributed by atoms with Crippen LogP contribution in [0.25, 0.3) is 27.5 Å².